The maximum absolute atomic E-state index is 13.9. The summed E-state index contributed by atoms with van der Waals surface area (Å²) in [5.41, 5.74) is 2.47. The minimum atomic E-state index is -0.773. The van der Waals surface area contributed by atoms with Gasteiger partial charge in [0.1, 0.15) is 12.6 Å². The standard InChI is InChI=1S/C29H30N2O7/c1-35-24-10-9-19(11-25(24)36-2)15-30-22-14-27(38-17-18-7-5-4-6-8-18)26(37-3)13-21(22)28(33)31-16-20(32)12-23(31)29(30)34/h4-11,13-14,20,23,32H,12,15-17H2,1-3H3/t20-,23+/m1/s1. The van der Waals surface area contributed by atoms with Gasteiger partial charge in [-0.05, 0) is 29.3 Å². The second-order valence-electron chi connectivity index (χ2n) is 9.27. The molecule has 2 atom stereocenters. The monoisotopic (exact) mass is 518 g/mol. The van der Waals surface area contributed by atoms with Crippen LogP contribution in [0.1, 0.15) is 27.9 Å². The summed E-state index contributed by atoms with van der Waals surface area (Å²) in [6.45, 7) is 0.548. The normalized spacial score (nSPS) is 18.5. The summed E-state index contributed by atoms with van der Waals surface area (Å²) in [7, 11) is 4.61. The molecule has 5 rings (SSSR count). The molecule has 0 spiro atoms. The van der Waals surface area contributed by atoms with Gasteiger partial charge >= 0.3 is 0 Å². The highest BCUT2D eigenvalue weighted by molar-refractivity contribution is 6.11. The van der Waals surface area contributed by atoms with Crippen molar-refractivity contribution >= 4 is 17.5 Å². The van der Waals surface area contributed by atoms with Crippen LogP contribution in [0.4, 0.5) is 5.69 Å². The summed E-state index contributed by atoms with van der Waals surface area (Å²) in [5.74, 6) is 1.28. The Morgan fingerprint density at radius 1 is 0.842 bits per heavy atom. The molecule has 3 aromatic carbocycles. The van der Waals surface area contributed by atoms with E-state index in [0.717, 1.165) is 11.1 Å². The molecule has 1 saturated heterocycles. The van der Waals surface area contributed by atoms with Gasteiger partial charge in [-0.3, -0.25) is 9.59 Å². The zero-order chi connectivity index (χ0) is 26.8. The molecular formula is C29H30N2O7. The van der Waals surface area contributed by atoms with E-state index in [-0.39, 0.29) is 37.9 Å². The third kappa shape index (κ3) is 4.72. The number of hydrogen-bond donors (Lipinski definition) is 1. The van der Waals surface area contributed by atoms with Gasteiger partial charge in [-0.2, -0.15) is 0 Å². The lowest BCUT2D eigenvalue weighted by Crippen LogP contribution is -2.44. The fraction of sp³-hybridized carbons (Fsp3) is 0.310. The largest absolute Gasteiger partial charge is 0.493 e. The van der Waals surface area contributed by atoms with Crippen molar-refractivity contribution in [2.75, 3.05) is 32.8 Å². The van der Waals surface area contributed by atoms with Gasteiger partial charge in [0.25, 0.3) is 5.91 Å². The molecule has 1 N–H and O–H groups in total. The van der Waals surface area contributed by atoms with E-state index in [1.54, 1.807) is 43.4 Å². The first-order chi connectivity index (χ1) is 18.4. The van der Waals surface area contributed by atoms with Crippen LogP contribution in [0.3, 0.4) is 0 Å². The number of methoxy groups -OCH3 is 3. The molecule has 9 nitrogen and oxygen atoms in total. The lowest BCUT2D eigenvalue weighted by Gasteiger charge is -2.26. The van der Waals surface area contributed by atoms with Crippen LogP contribution < -0.4 is 23.8 Å². The molecule has 1 fully saturated rings. The first-order valence-electron chi connectivity index (χ1n) is 12.3. The first-order valence-corrected chi connectivity index (χ1v) is 12.3. The van der Waals surface area contributed by atoms with Crippen molar-refractivity contribution in [2.45, 2.75) is 31.7 Å². The fourth-order valence-corrected chi connectivity index (χ4v) is 5.00. The predicted octanol–water partition coefficient (Wildman–Crippen LogP) is 3.41. The zero-order valence-electron chi connectivity index (χ0n) is 21.5. The summed E-state index contributed by atoms with van der Waals surface area (Å²) in [6.07, 6.45) is -0.595. The molecule has 0 saturated carbocycles. The molecule has 0 aliphatic carbocycles. The number of hydrogen-bond acceptors (Lipinski definition) is 7. The third-order valence-corrected chi connectivity index (χ3v) is 6.92. The van der Waals surface area contributed by atoms with Gasteiger partial charge in [-0.1, -0.05) is 36.4 Å². The van der Waals surface area contributed by atoms with Crippen LogP contribution in [0.2, 0.25) is 0 Å². The molecule has 2 aliphatic heterocycles. The van der Waals surface area contributed by atoms with Crippen molar-refractivity contribution in [3.05, 3.63) is 77.4 Å². The quantitative estimate of drug-likeness (QED) is 0.488. The summed E-state index contributed by atoms with van der Waals surface area (Å²) >= 11 is 0. The van der Waals surface area contributed by atoms with Crippen LogP contribution in [0.5, 0.6) is 23.0 Å². The van der Waals surface area contributed by atoms with Crippen LogP contribution >= 0.6 is 0 Å². The Morgan fingerprint density at radius 3 is 2.26 bits per heavy atom. The fourth-order valence-electron chi connectivity index (χ4n) is 5.00. The maximum atomic E-state index is 13.9. The number of benzene rings is 3. The van der Waals surface area contributed by atoms with E-state index in [4.69, 9.17) is 18.9 Å². The van der Waals surface area contributed by atoms with Crippen molar-refractivity contribution in [2.24, 2.45) is 0 Å². The number of rotatable bonds is 8. The summed E-state index contributed by atoms with van der Waals surface area (Å²) in [5, 5.41) is 10.3. The predicted molar refractivity (Wildman–Crippen MR) is 140 cm³/mol. The molecule has 2 heterocycles. The topological polar surface area (TPSA) is 97.8 Å². The van der Waals surface area contributed by atoms with Crippen molar-refractivity contribution in [3.8, 4) is 23.0 Å². The van der Waals surface area contributed by atoms with E-state index in [0.29, 0.717) is 34.2 Å². The van der Waals surface area contributed by atoms with Crippen LogP contribution in [0.25, 0.3) is 0 Å². The number of aliphatic hydroxyl groups excluding tert-OH is 1. The van der Waals surface area contributed by atoms with Gasteiger partial charge in [0.15, 0.2) is 23.0 Å². The molecule has 38 heavy (non-hydrogen) atoms. The average molecular weight is 519 g/mol. The number of anilines is 1. The highest BCUT2D eigenvalue weighted by Crippen LogP contribution is 2.41. The van der Waals surface area contributed by atoms with E-state index in [1.807, 2.05) is 36.4 Å². The molecule has 2 aliphatic rings. The Hall–Kier alpha value is -4.24. The summed E-state index contributed by atoms with van der Waals surface area (Å²) in [6, 6.07) is 17.6. The highest BCUT2D eigenvalue weighted by atomic mass is 16.5. The number of nitrogens with zero attached hydrogens (tertiary/aromatic N) is 2. The molecule has 2 amide bonds. The van der Waals surface area contributed by atoms with Crippen LogP contribution in [-0.2, 0) is 17.9 Å². The minimum Gasteiger partial charge on any atom is -0.493 e. The van der Waals surface area contributed by atoms with E-state index in [9.17, 15) is 14.7 Å². The van der Waals surface area contributed by atoms with Gasteiger partial charge in [-0.15, -0.1) is 0 Å². The third-order valence-electron chi connectivity index (χ3n) is 6.92. The smallest absolute Gasteiger partial charge is 0.256 e. The molecular weight excluding hydrogens is 488 g/mol. The number of carbonyl (C=O) groups is 2. The molecule has 0 radical (unpaired) electrons. The van der Waals surface area contributed by atoms with Gasteiger partial charge in [0, 0.05) is 19.0 Å². The lowest BCUT2D eigenvalue weighted by atomic mass is 10.1. The second kappa shape index (κ2) is 10.6. The summed E-state index contributed by atoms with van der Waals surface area (Å²) in [4.78, 5) is 30.6. The Morgan fingerprint density at radius 2 is 1.55 bits per heavy atom. The van der Waals surface area contributed by atoms with Crippen molar-refractivity contribution in [3.63, 3.8) is 0 Å². The lowest BCUT2D eigenvalue weighted by molar-refractivity contribution is -0.122. The van der Waals surface area contributed by atoms with Crippen LogP contribution in [-0.4, -0.2) is 61.8 Å². The molecule has 9 heteroatoms. The molecule has 0 aromatic heterocycles. The van der Waals surface area contributed by atoms with Crippen molar-refractivity contribution < 1.29 is 33.6 Å². The van der Waals surface area contributed by atoms with Gasteiger partial charge in [-0.25, -0.2) is 0 Å². The maximum Gasteiger partial charge on any atom is 0.256 e. The number of aliphatic hydroxyl groups is 1. The number of ether oxygens (including phenoxy) is 4. The van der Waals surface area contributed by atoms with Gasteiger partial charge < -0.3 is 33.9 Å². The van der Waals surface area contributed by atoms with E-state index in [1.165, 1.54) is 12.0 Å². The van der Waals surface area contributed by atoms with Crippen molar-refractivity contribution in [1.29, 1.82) is 0 Å². The van der Waals surface area contributed by atoms with Crippen LogP contribution in [0.15, 0.2) is 60.7 Å². The average Bonchev–Trinajstić information content (AvgIpc) is 3.32. The van der Waals surface area contributed by atoms with E-state index in [2.05, 4.69) is 0 Å². The minimum absolute atomic E-state index is 0.0907. The van der Waals surface area contributed by atoms with E-state index < -0.39 is 12.1 Å². The molecule has 0 unspecified atom stereocenters. The number of amides is 2. The summed E-state index contributed by atoms with van der Waals surface area (Å²) < 4.78 is 22.5. The Balaban J connectivity index is 1.58. The van der Waals surface area contributed by atoms with Crippen molar-refractivity contribution in [1.82, 2.24) is 4.90 Å². The zero-order valence-corrected chi connectivity index (χ0v) is 21.5. The second-order valence-corrected chi connectivity index (χ2v) is 9.27. The van der Waals surface area contributed by atoms with Crippen LogP contribution in [0, 0.1) is 0 Å². The molecule has 0 bridgehead atoms. The Bertz CT molecular complexity index is 1340. The van der Waals surface area contributed by atoms with Gasteiger partial charge in [0.05, 0.1) is 45.2 Å². The number of fused-ring (bicyclic) bond motifs is 2. The Kier molecular flexibility index (Phi) is 7.11. The first kappa shape index (κ1) is 25.4. The number of carbonyl (C=O) groups excluding carboxylic acids is 2. The SMILES string of the molecule is COc1ccc(CN2C(=O)[C@@H]3C[C@@H](O)CN3C(=O)c3cc(OC)c(OCc4ccccc4)cc32)cc1OC. The Labute approximate surface area is 221 Å². The molecule has 3 aromatic rings. The van der Waals surface area contributed by atoms with Gasteiger partial charge in [0.2, 0.25) is 5.91 Å². The highest BCUT2D eigenvalue weighted by Gasteiger charge is 2.45. The van der Waals surface area contributed by atoms with E-state index >= 15 is 0 Å². The molecule has 198 valence electrons.